The van der Waals surface area contributed by atoms with Crippen LogP contribution in [0, 0.1) is 6.92 Å². The number of piperidine rings is 1. The molecule has 1 amide bonds. The van der Waals surface area contributed by atoms with Gasteiger partial charge in [-0.3, -0.25) is 0 Å². The Morgan fingerprint density at radius 3 is 2.42 bits per heavy atom. The molecule has 0 aromatic carbocycles. The van der Waals surface area contributed by atoms with Gasteiger partial charge in [0.05, 0.1) is 29.3 Å². The zero-order valence-corrected chi connectivity index (χ0v) is 22.5. The van der Waals surface area contributed by atoms with Gasteiger partial charge in [-0.05, 0) is 53.7 Å². The Hall–Kier alpha value is -3.15. The van der Waals surface area contributed by atoms with E-state index in [9.17, 15) is 13.2 Å². The zero-order chi connectivity index (χ0) is 26.5. The highest BCUT2D eigenvalue weighted by Crippen LogP contribution is 2.26. The van der Waals surface area contributed by atoms with Crippen molar-refractivity contribution in [1.29, 1.82) is 0 Å². The summed E-state index contributed by atoms with van der Waals surface area (Å²) in [6, 6.07) is 4.94. The van der Waals surface area contributed by atoms with E-state index in [4.69, 9.17) is 14.2 Å². The van der Waals surface area contributed by atoms with E-state index in [1.807, 2.05) is 20.8 Å². The van der Waals surface area contributed by atoms with Crippen LogP contribution >= 0.6 is 0 Å². The summed E-state index contributed by atoms with van der Waals surface area (Å²) in [7, 11) is -3.48. The molecule has 2 aromatic heterocycles. The molecule has 1 N–H and O–H groups in total. The summed E-state index contributed by atoms with van der Waals surface area (Å²) in [5.74, 6) is 0.759. The first-order valence-electron chi connectivity index (χ1n) is 12.1. The fraction of sp³-hybridized carbons (Fsp3) is 0.583. The van der Waals surface area contributed by atoms with Gasteiger partial charge in [-0.15, -0.1) is 0 Å². The molecule has 0 aliphatic carbocycles. The molecule has 1 aliphatic heterocycles. The zero-order valence-electron chi connectivity index (χ0n) is 21.6. The number of hydrogen-bond donors (Lipinski definition) is 1. The second kappa shape index (κ2) is 11.7. The Bertz CT molecular complexity index is 1160. The maximum absolute atomic E-state index is 12.4. The van der Waals surface area contributed by atoms with Crippen LogP contribution in [-0.4, -0.2) is 71.5 Å². The number of rotatable bonds is 9. The van der Waals surface area contributed by atoms with Gasteiger partial charge in [0.2, 0.25) is 5.88 Å². The highest BCUT2D eigenvalue weighted by Gasteiger charge is 2.26. The molecular formula is C24H35N5O6S. The molecule has 0 unspecified atom stereocenters. The van der Waals surface area contributed by atoms with E-state index in [1.165, 1.54) is 6.07 Å². The molecule has 0 atom stereocenters. The van der Waals surface area contributed by atoms with Crippen molar-refractivity contribution in [3.63, 3.8) is 0 Å². The maximum atomic E-state index is 12.4. The van der Waals surface area contributed by atoms with Gasteiger partial charge in [0.1, 0.15) is 11.9 Å². The third kappa shape index (κ3) is 6.96. The monoisotopic (exact) mass is 521 g/mol. The van der Waals surface area contributed by atoms with Gasteiger partial charge in [0, 0.05) is 32.0 Å². The fourth-order valence-electron chi connectivity index (χ4n) is 3.53. The first-order valence-corrected chi connectivity index (χ1v) is 13.7. The van der Waals surface area contributed by atoms with Crippen LogP contribution in [0.3, 0.4) is 0 Å². The van der Waals surface area contributed by atoms with Gasteiger partial charge in [-0.25, -0.2) is 18.2 Å². The van der Waals surface area contributed by atoms with Crippen LogP contribution in [0.1, 0.15) is 53.2 Å². The Balaban J connectivity index is 1.73. The maximum Gasteiger partial charge on any atom is 0.410 e. The van der Waals surface area contributed by atoms with Crippen molar-refractivity contribution in [2.75, 3.05) is 25.0 Å². The van der Waals surface area contributed by atoms with E-state index in [-0.39, 0.29) is 29.3 Å². The van der Waals surface area contributed by atoms with Crippen LogP contribution in [0.15, 0.2) is 23.2 Å². The number of hydrogen-bond acceptors (Lipinski definition) is 10. The number of ether oxygens (including phenoxy) is 3. The minimum atomic E-state index is -3.48. The normalized spacial score (nSPS) is 14.7. The minimum absolute atomic E-state index is 0.0332. The average molecular weight is 522 g/mol. The molecule has 12 heteroatoms. The number of sulfone groups is 1. The van der Waals surface area contributed by atoms with E-state index in [0.717, 1.165) is 0 Å². The quantitative estimate of drug-likeness (QED) is 0.518. The van der Waals surface area contributed by atoms with E-state index in [2.05, 4.69) is 20.3 Å². The largest absolute Gasteiger partial charge is 0.474 e. The van der Waals surface area contributed by atoms with Crippen molar-refractivity contribution >= 4 is 27.4 Å². The molecule has 0 radical (unpaired) electrons. The number of nitrogens with zero attached hydrogens (tertiary/aromatic N) is 4. The number of likely N-dealkylation sites (tertiary alicyclic amines) is 1. The Labute approximate surface area is 212 Å². The lowest BCUT2D eigenvalue weighted by Gasteiger charge is -2.31. The van der Waals surface area contributed by atoms with Crippen molar-refractivity contribution < 1.29 is 27.4 Å². The number of amides is 1. The molecule has 1 saturated heterocycles. The molecule has 198 valence electrons. The molecule has 1 aliphatic rings. The van der Waals surface area contributed by atoms with E-state index in [0.29, 0.717) is 55.6 Å². The highest BCUT2D eigenvalue weighted by atomic mass is 32.2. The average Bonchev–Trinajstić information content (AvgIpc) is 2.80. The molecule has 0 bridgehead atoms. The van der Waals surface area contributed by atoms with Crippen LogP contribution < -0.4 is 14.8 Å². The second-order valence-electron chi connectivity index (χ2n) is 9.05. The molecular weight excluding hydrogens is 486 g/mol. The molecule has 2 aromatic rings. The summed E-state index contributed by atoms with van der Waals surface area (Å²) >= 11 is 0. The predicted octanol–water partition coefficient (Wildman–Crippen LogP) is 3.89. The third-order valence-electron chi connectivity index (χ3n) is 5.51. The van der Waals surface area contributed by atoms with Gasteiger partial charge < -0.3 is 24.4 Å². The van der Waals surface area contributed by atoms with Gasteiger partial charge in [-0.2, -0.15) is 9.97 Å². The number of carbonyl (C=O) groups excluding carboxylic acids is 1. The number of pyridine rings is 1. The minimum Gasteiger partial charge on any atom is -0.474 e. The lowest BCUT2D eigenvalue weighted by Crippen LogP contribution is -2.42. The molecule has 36 heavy (non-hydrogen) atoms. The van der Waals surface area contributed by atoms with Crippen molar-refractivity contribution in [3.05, 3.63) is 23.9 Å². The van der Waals surface area contributed by atoms with Crippen molar-refractivity contribution in [2.45, 2.75) is 76.9 Å². The molecule has 0 spiro atoms. The Morgan fingerprint density at radius 1 is 1.14 bits per heavy atom. The number of anilines is 2. The van der Waals surface area contributed by atoms with Crippen LogP contribution in [-0.2, 0) is 14.6 Å². The number of aryl methyl sites for hydroxylation is 1. The van der Waals surface area contributed by atoms with Gasteiger partial charge in [-0.1, -0.05) is 0 Å². The van der Waals surface area contributed by atoms with Gasteiger partial charge >= 0.3 is 12.1 Å². The van der Waals surface area contributed by atoms with Gasteiger partial charge in [0.25, 0.3) is 0 Å². The van der Waals surface area contributed by atoms with Crippen molar-refractivity contribution in [3.8, 4) is 11.9 Å². The lowest BCUT2D eigenvalue weighted by atomic mass is 10.1. The Kier molecular flexibility index (Phi) is 8.93. The number of carbonyl (C=O) groups is 1. The second-order valence-corrected chi connectivity index (χ2v) is 11.5. The summed E-state index contributed by atoms with van der Waals surface area (Å²) in [6.45, 7) is 11.9. The first kappa shape index (κ1) is 27.4. The summed E-state index contributed by atoms with van der Waals surface area (Å²) in [5.41, 5.74) is 1.11. The van der Waals surface area contributed by atoms with E-state index >= 15 is 0 Å². The summed E-state index contributed by atoms with van der Waals surface area (Å²) in [4.78, 5) is 26.8. The first-order chi connectivity index (χ1) is 17.0. The summed E-state index contributed by atoms with van der Waals surface area (Å²) < 4.78 is 41.8. The summed E-state index contributed by atoms with van der Waals surface area (Å²) in [5, 5.41) is 2.63. The SMILES string of the molecule is CCOc1nc(Nc2ccc(S(=O)(=O)C(C)C)nc2C)cc(OC2CCN(C(=O)OC(C)C)CC2)n1. The Morgan fingerprint density at radius 2 is 1.83 bits per heavy atom. The number of aromatic nitrogens is 3. The highest BCUT2D eigenvalue weighted by molar-refractivity contribution is 7.91. The van der Waals surface area contributed by atoms with Crippen LogP contribution in [0.5, 0.6) is 11.9 Å². The summed E-state index contributed by atoms with van der Waals surface area (Å²) in [6.07, 6.45) is 0.670. The van der Waals surface area contributed by atoms with Crippen LogP contribution in [0.25, 0.3) is 0 Å². The topological polar surface area (TPSA) is 133 Å². The fourth-order valence-corrected chi connectivity index (χ4v) is 4.54. The van der Waals surface area contributed by atoms with Gasteiger partial charge in [0.15, 0.2) is 14.9 Å². The van der Waals surface area contributed by atoms with E-state index in [1.54, 1.807) is 37.8 Å². The smallest absolute Gasteiger partial charge is 0.410 e. The molecule has 11 nitrogen and oxygen atoms in total. The molecule has 0 saturated carbocycles. The van der Waals surface area contributed by atoms with E-state index < -0.39 is 15.1 Å². The number of nitrogens with one attached hydrogen (secondary N) is 1. The molecule has 1 fully saturated rings. The third-order valence-corrected chi connectivity index (χ3v) is 7.57. The van der Waals surface area contributed by atoms with Crippen LogP contribution in [0.2, 0.25) is 0 Å². The lowest BCUT2D eigenvalue weighted by molar-refractivity contribution is 0.0506. The van der Waals surface area contributed by atoms with Crippen molar-refractivity contribution in [1.82, 2.24) is 19.9 Å². The predicted molar refractivity (Wildman–Crippen MR) is 135 cm³/mol. The standard InChI is InChI=1S/C24H35N5O6S/c1-7-33-23-27-20(26-19-8-9-22(25-17(19)6)36(31,32)16(4)5)14-21(28-23)35-18-10-12-29(13-11-18)24(30)34-15(2)3/h8-9,14-16,18H,7,10-13H2,1-6H3,(H,26,27,28). The molecule has 3 rings (SSSR count). The van der Waals surface area contributed by atoms with Crippen molar-refractivity contribution in [2.24, 2.45) is 0 Å². The van der Waals surface area contributed by atoms with Crippen LogP contribution in [0.4, 0.5) is 16.3 Å². The molecule has 3 heterocycles.